The molecule has 1 unspecified atom stereocenters. The summed E-state index contributed by atoms with van der Waals surface area (Å²) < 4.78 is 3.62. The monoisotopic (exact) mass is 455 g/mol. The van der Waals surface area contributed by atoms with E-state index in [9.17, 15) is 4.79 Å². The maximum absolute atomic E-state index is 13.3. The molecule has 8 heteroatoms. The lowest BCUT2D eigenvalue weighted by atomic mass is 10.1. The highest BCUT2D eigenvalue weighted by molar-refractivity contribution is 5.71. The normalized spacial score (nSPS) is 14.3. The van der Waals surface area contributed by atoms with Crippen molar-refractivity contribution in [1.29, 1.82) is 0 Å². The molecule has 0 saturated heterocycles. The zero-order chi connectivity index (χ0) is 23.3. The van der Waals surface area contributed by atoms with Gasteiger partial charge in [0.15, 0.2) is 5.82 Å². The summed E-state index contributed by atoms with van der Waals surface area (Å²) in [6.45, 7) is 4.05. The second-order valence-corrected chi connectivity index (χ2v) is 8.46. The van der Waals surface area contributed by atoms with Gasteiger partial charge in [0.25, 0.3) is 5.56 Å². The van der Waals surface area contributed by atoms with Crippen LogP contribution in [-0.2, 0) is 19.5 Å². The summed E-state index contributed by atoms with van der Waals surface area (Å²) in [5.41, 5.74) is 3.81. The molecule has 0 aliphatic carbocycles. The van der Waals surface area contributed by atoms with Gasteiger partial charge in [-0.3, -0.25) is 14.0 Å². The molecule has 1 aliphatic heterocycles. The minimum absolute atomic E-state index is 0.0688. The molecule has 0 amide bonds. The molecule has 0 spiro atoms. The van der Waals surface area contributed by atoms with Crippen molar-refractivity contribution in [3.05, 3.63) is 100 Å². The molecule has 34 heavy (non-hydrogen) atoms. The zero-order valence-corrected chi connectivity index (χ0v) is 19.2. The van der Waals surface area contributed by atoms with Gasteiger partial charge >= 0.3 is 0 Å². The molecule has 0 saturated carbocycles. The predicted molar refractivity (Wildman–Crippen MR) is 135 cm³/mol. The second kappa shape index (κ2) is 9.82. The number of anilines is 3. The predicted octanol–water partition coefficient (Wildman–Crippen LogP) is 4.09. The van der Waals surface area contributed by atoms with E-state index in [2.05, 4.69) is 52.2 Å². The van der Waals surface area contributed by atoms with Crippen LogP contribution in [0.1, 0.15) is 36.2 Å². The summed E-state index contributed by atoms with van der Waals surface area (Å²) in [6, 6.07) is 20.5. The van der Waals surface area contributed by atoms with Crippen molar-refractivity contribution in [1.82, 2.24) is 19.3 Å². The standard InChI is InChI=1S/C26H29N7O/c1-2-15-33-25(34)22-24(31-26(33)27-14-13-19-9-5-3-6-10-19)30-23(29-22)21-16-28-32(18-21)17-20-11-7-4-8-12-20/h3-12,16,18,23,29-30H,2,13-15,17H2,1H3,(H,27,31). The lowest BCUT2D eigenvalue weighted by Crippen LogP contribution is -2.27. The first-order chi connectivity index (χ1) is 16.7. The Labute approximate surface area is 198 Å². The van der Waals surface area contributed by atoms with E-state index in [4.69, 9.17) is 4.98 Å². The molecule has 1 aliphatic rings. The number of hydrogen-bond donors (Lipinski definition) is 3. The summed E-state index contributed by atoms with van der Waals surface area (Å²) >= 11 is 0. The van der Waals surface area contributed by atoms with Gasteiger partial charge in [-0.15, -0.1) is 0 Å². The van der Waals surface area contributed by atoms with Gasteiger partial charge in [-0.05, 0) is 24.0 Å². The molecular formula is C26H29N7O. The summed E-state index contributed by atoms with van der Waals surface area (Å²) in [5, 5.41) is 14.5. The van der Waals surface area contributed by atoms with E-state index < -0.39 is 0 Å². The van der Waals surface area contributed by atoms with Crippen molar-refractivity contribution in [2.24, 2.45) is 0 Å². The Balaban J connectivity index is 1.32. The summed E-state index contributed by atoms with van der Waals surface area (Å²) in [5.74, 6) is 1.16. The highest BCUT2D eigenvalue weighted by atomic mass is 16.1. The number of fused-ring (bicyclic) bond motifs is 1. The number of hydrogen-bond acceptors (Lipinski definition) is 6. The molecule has 5 rings (SSSR count). The topological polar surface area (TPSA) is 88.8 Å². The van der Waals surface area contributed by atoms with E-state index in [1.165, 1.54) is 11.1 Å². The van der Waals surface area contributed by atoms with Crippen LogP contribution in [0.25, 0.3) is 0 Å². The highest BCUT2D eigenvalue weighted by Gasteiger charge is 2.28. The largest absolute Gasteiger partial charge is 0.355 e. The Morgan fingerprint density at radius 2 is 1.74 bits per heavy atom. The Kier molecular flexibility index (Phi) is 6.29. The van der Waals surface area contributed by atoms with Crippen molar-refractivity contribution in [2.75, 3.05) is 22.5 Å². The lowest BCUT2D eigenvalue weighted by molar-refractivity contribution is 0.649. The van der Waals surface area contributed by atoms with Crippen molar-refractivity contribution in [3.63, 3.8) is 0 Å². The van der Waals surface area contributed by atoms with Crippen molar-refractivity contribution in [2.45, 2.75) is 39.0 Å². The van der Waals surface area contributed by atoms with Crippen LogP contribution < -0.4 is 21.5 Å². The van der Waals surface area contributed by atoms with Gasteiger partial charge in [0.1, 0.15) is 11.9 Å². The van der Waals surface area contributed by atoms with Crippen LogP contribution in [0.4, 0.5) is 17.5 Å². The zero-order valence-electron chi connectivity index (χ0n) is 19.2. The number of nitrogens with zero attached hydrogens (tertiary/aromatic N) is 4. The molecule has 4 aromatic rings. The van der Waals surface area contributed by atoms with Gasteiger partial charge in [-0.2, -0.15) is 10.1 Å². The van der Waals surface area contributed by atoms with Crippen molar-refractivity contribution < 1.29 is 0 Å². The highest BCUT2D eigenvalue weighted by Crippen LogP contribution is 2.32. The molecule has 174 valence electrons. The second-order valence-electron chi connectivity index (χ2n) is 8.46. The Hall–Kier alpha value is -4.07. The van der Waals surface area contributed by atoms with Crippen molar-refractivity contribution in [3.8, 4) is 0 Å². The number of benzene rings is 2. The van der Waals surface area contributed by atoms with Crippen LogP contribution in [0.15, 0.2) is 77.9 Å². The van der Waals surface area contributed by atoms with E-state index in [1.807, 2.05) is 53.5 Å². The van der Waals surface area contributed by atoms with Crippen LogP contribution in [0.3, 0.4) is 0 Å². The number of nitrogens with one attached hydrogen (secondary N) is 3. The van der Waals surface area contributed by atoms with E-state index in [-0.39, 0.29) is 11.7 Å². The minimum atomic E-state index is -0.255. The van der Waals surface area contributed by atoms with Gasteiger partial charge in [-0.1, -0.05) is 67.6 Å². The SMILES string of the molecule is CCCn1c(NCCc2ccccc2)nc2c(c1=O)NC(c1cnn(Cc3ccccc3)c1)N2. The fourth-order valence-electron chi connectivity index (χ4n) is 4.19. The Bertz CT molecular complexity index is 1300. The maximum atomic E-state index is 13.3. The molecule has 1 atom stereocenters. The third-order valence-corrected chi connectivity index (χ3v) is 5.90. The van der Waals surface area contributed by atoms with E-state index >= 15 is 0 Å². The molecule has 0 fully saturated rings. The summed E-state index contributed by atoms with van der Waals surface area (Å²) in [7, 11) is 0. The lowest BCUT2D eigenvalue weighted by Gasteiger charge is -2.14. The van der Waals surface area contributed by atoms with Gasteiger partial charge in [-0.25, -0.2) is 0 Å². The summed E-state index contributed by atoms with van der Waals surface area (Å²) in [6.07, 6.45) is 5.26. The van der Waals surface area contributed by atoms with E-state index in [0.717, 1.165) is 18.4 Å². The molecular weight excluding hydrogens is 426 g/mol. The fourth-order valence-corrected chi connectivity index (χ4v) is 4.19. The Morgan fingerprint density at radius 1 is 1.00 bits per heavy atom. The third-order valence-electron chi connectivity index (χ3n) is 5.90. The van der Waals surface area contributed by atoms with Crippen molar-refractivity contribution >= 4 is 17.5 Å². The molecule has 0 radical (unpaired) electrons. The van der Waals surface area contributed by atoms with Gasteiger partial charge in [0, 0.05) is 24.8 Å². The maximum Gasteiger partial charge on any atom is 0.280 e. The Morgan fingerprint density at radius 3 is 2.47 bits per heavy atom. The van der Waals surface area contributed by atoms with E-state index in [0.29, 0.717) is 37.1 Å². The first-order valence-electron chi connectivity index (χ1n) is 11.7. The smallest absolute Gasteiger partial charge is 0.280 e. The first-order valence-corrected chi connectivity index (χ1v) is 11.7. The van der Waals surface area contributed by atoms with Gasteiger partial charge in [0.2, 0.25) is 5.95 Å². The van der Waals surface area contributed by atoms with Crippen LogP contribution in [-0.4, -0.2) is 25.9 Å². The number of aromatic nitrogens is 4. The quantitative estimate of drug-likeness (QED) is 0.352. The molecule has 8 nitrogen and oxygen atoms in total. The van der Waals surface area contributed by atoms with E-state index in [1.54, 1.807) is 4.57 Å². The average Bonchev–Trinajstić information content (AvgIpc) is 3.50. The average molecular weight is 456 g/mol. The minimum Gasteiger partial charge on any atom is -0.355 e. The van der Waals surface area contributed by atoms with Crippen LogP contribution in [0.5, 0.6) is 0 Å². The third kappa shape index (κ3) is 4.66. The van der Waals surface area contributed by atoms with Crippen LogP contribution in [0.2, 0.25) is 0 Å². The van der Waals surface area contributed by atoms with Crippen LogP contribution >= 0.6 is 0 Å². The first kappa shape index (κ1) is 21.8. The fraction of sp³-hybridized carbons (Fsp3) is 0.269. The van der Waals surface area contributed by atoms with Gasteiger partial charge in [0.05, 0.1) is 12.7 Å². The van der Waals surface area contributed by atoms with Crippen LogP contribution in [0, 0.1) is 0 Å². The molecule has 2 aromatic heterocycles. The van der Waals surface area contributed by atoms with Gasteiger partial charge < -0.3 is 16.0 Å². The molecule has 2 aromatic carbocycles. The summed E-state index contributed by atoms with van der Waals surface area (Å²) in [4.78, 5) is 18.1. The molecule has 0 bridgehead atoms. The molecule has 3 heterocycles. The number of rotatable bonds is 9. The molecule has 3 N–H and O–H groups in total.